The highest BCUT2D eigenvalue weighted by Gasteiger charge is 2.24. The summed E-state index contributed by atoms with van der Waals surface area (Å²) in [6, 6.07) is 4.13. The quantitative estimate of drug-likeness (QED) is 0.839. The molecule has 1 aromatic carbocycles. The Morgan fingerprint density at radius 1 is 1.29 bits per heavy atom. The van der Waals surface area contributed by atoms with E-state index in [-0.39, 0.29) is 11.8 Å². The molecule has 2 amide bonds. The van der Waals surface area contributed by atoms with Crippen LogP contribution in [0.25, 0.3) is 0 Å². The largest absolute Gasteiger partial charge is 0.398 e. The van der Waals surface area contributed by atoms with Gasteiger partial charge in [-0.2, -0.15) is 0 Å². The van der Waals surface area contributed by atoms with Gasteiger partial charge in [-0.1, -0.05) is 11.6 Å². The van der Waals surface area contributed by atoms with Gasteiger partial charge in [-0.15, -0.1) is 0 Å². The van der Waals surface area contributed by atoms with E-state index < -0.39 is 6.04 Å². The second kappa shape index (κ2) is 6.80. The van der Waals surface area contributed by atoms with Crippen molar-refractivity contribution in [1.82, 2.24) is 10.2 Å². The van der Waals surface area contributed by atoms with Gasteiger partial charge in [-0.25, -0.2) is 0 Å². The van der Waals surface area contributed by atoms with E-state index in [0.29, 0.717) is 16.3 Å². The lowest BCUT2D eigenvalue weighted by Crippen LogP contribution is -2.48. The Bertz CT molecular complexity index is 542. The topological polar surface area (TPSA) is 75.4 Å². The molecule has 0 aliphatic carbocycles. The van der Waals surface area contributed by atoms with Gasteiger partial charge in [0.15, 0.2) is 0 Å². The van der Waals surface area contributed by atoms with Crippen molar-refractivity contribution in [2.24, 2.45) is 0 Å². The standard InChI is InChI=1S/C15H20ClN3O2/c1-10(15(21)19-7-3-2-4-8-19)18-14(20)12-9-11(16)5-6-13(12)17/h5-6,9-10H,2-4,7-8,17H2,1H3,(H,18,20). The number of carbonyl (C=O) groups is 2. The van der Waals surface area contributed by atoms with Gasteiger partial charge in [0, 0.05) is 23.8 Å². The molecule has 0 spiro atoms. The number of nitrogens with one attached hydrogen (secondary N) is 1. The van der Waals surface area contributed by atoms with Crippen LogP contribution in [0.1, 0.15) is 36.5 Å². The van der Waals surface area contributed by atoms with Crippen molar-refractivity contribution < 1.29 is 9.59 Å². The summed E-state index contributed by atoms with van der Waals surface area (Å²) in [6.07, 6.45) is 3.20. The van der Waals surface area contributed by atoms with Gasteiger partial charge in [0.05, 0.1) is 5.56 Å². The minimum Gasteiger partial charge on any atom is -0.398 e. The molecule has 0 bridgehead atoms. The number of anilines is 1. The molecule has 1 aliphatic heterocycles. The molecule has 0 aromatic heterocycles. The van der Waals surface area contributed by atoms with Crippen LogP contribution in [0.3, 0.4) is 0 Å². The average molecular weight is 310 g/mol. The molecule has 114 valence electrons. The third kappa shape index (κ3) is 3.88. The third-order valence-electron chi connectivity index (χ3n) is 3.65. The lowest BCUT2D eigenvalue weighted by molar-refractivity contribution is -0.133. The molecule has 0 radical (unpaired) electrons. The zero-order valence-electron chi connectivity index (χ0n) is 12.1. The second-order valence-corrected chi connectivity index (χ2v) is 5.75. The van der Waals surface area contributed by atoms with Gasteiger partial charge in [0.2, 0.25) is 5.91 Å². The average Bonchev–Trinajstić information content (AvgIpc) is 2.49. The molecule has 2 rings (SSSR count). The van der Waals surface area contributed by atoms with E-state index >= 15 is 0 Å². The van der Waals surface area contributed by atoms with E-state index in [9.17, 15) is 9.59 Å². The Morgan fingerprint density at radius 2 is 1.95 bits per heavy atom. The van der Waals surface area contributed by atoms with Gasteiger partial charge in [-0.3, -0.25) is 9.59 Å². The van der Waals surface area contributed by atoms with Crippen molar-refractivity contribution in [2.45, 2.75) is 32.2 Å². The Balaban J connectivity index is 2.01. The predicted octanol–water partition coefficient (Wildman–Crippen LogP) is 2.05. The van der Waals surface area contributed by atoms with E-state index in [4.69, 9.17) is 17.3 Å². The van der Waals surface area contributed by atoms with Crippen molar-refractivity contribution in [3.8, 4) is 0 Å². The van der Waals surface area contributed by atoms with Gasteiger partial charge in [0.1, 0.15) is 6.04 Å². The van der Waals surface area contributed by atoms with Gasteiger partial charge in [-0.05, 0) is 44.4 Å². The molecule has 1 fully saturated rings. The summed E-state index contributed by atoms with van der Waals surface area (Å²) in [5.74, 6) is -0.434. The fourth-order valence-corrected chi connectivity index (χ4v) is 2.62. The van der Waals surface area contributed by atoms with Crippen LogP contribution in [0.2, 0.25) is 5.02 Å². The Kier molecular flexibility index (Phi) is 5.07. The molecule has 21 heavy (non-hydrogen) atoms. The Labute approximate surface area is 129 Å². The summed E-state index contributed by atoms with van der Waals surface area (Å²) in [5.41, 5.74) is 6.40. The first-order chi connectivity index (χ1) is 9.99. The zero-order chi connectivity index (χ0) is 15.4. The van der Waals surface area contributed by atoms with Gasteiger partial charge in [0.25, 0.3) is 5.91 Å². The summed E-state index contributed by atoms with van der Waals surface area (Å²) in [6.45, 7) is 3.21. The molecule has 0 saturated carbocycles. The van der Waals surface area contributed by atoms with Crippen LogP contribution in [-0.4, -0.2) is 35.8 Å². The maximum absolute atomic E-state index is 12.3. The highest BCUT2D eigenvalue weighted by Crippen LogP contribution is 2.18. The van der Waals surface area contributed by atoms with E-state index in [1.165, 1.54) is 6.07 Å². The van der Waals surface area contributed by atoms with Crippen molar-refractivity contribution in [2.75, 3.05) is 18.8 Å². The molecule has 1 unspecified atom stereocenters. The van der Waals surface area contributed by atoms with Crippen LogP contribution in [0.15, 0.2) is 18.2 Å². The van der Waals surface area contributed by atoms with Crippen LogP contribution in [0, 0.1) is 0 Å². The predicted molar refractivity (Wildman–Crippen MR) is 83.2 cm³/mol. The number of nitrogens with two attached hydrogens (primary N) is 1. The molecule has 1 aliphatic rings. The molecule has 3 N–H and O–H groups in total. The number of nitrogen functional groups attached to an aromatic ring is 1. The van der Waals surface area contributed by atoms with Crippen molar-refractivity contribution in [3.63, 3.8) is 0 Å². The van der Waals surface area contributed by atoms with Crippen molar-refractivity contribution >= 4 is 29.1 Å². The van der Waals surface area contributed by atoms with E-state index in [0.717, 1.165) is 32.4 Å². The molecule has 6 heteroatoms. The van der Waals surface area contributed by atoms with E-state index in [1.54, 1.807) is 24.0 Å². The Hall–Kier alpha value is -1.75. The number of hydrogen-bond donors (Lipinski definition) is 2. The summed E-state index contributed by atoms with van der Waals surface area (Å²) in [4.78, 5) is 26.3. The maximum atomic E-state index is 12.3. The number of hydrogen-bond acceptors (Lipinski definition) is 3. The number of benzene rings is 1. The number of rotatable bonds is 3. The van der Waals surface area contributed by atoms with Gasteiger partial charge < -0.3 is 16.0 Å². The smallest absolute Gasteiger partial charge is 0.254 e. The van der Waals surface area contributed by atoms with Crippen molar-refractivity contribution in [3.05, 3.63) is 28.8 Å². The van der Waals surface area contributed by atoms with Crippen LogP contribution in [0.4, 0.5) is 5.69 Å². The van der Waals surface area contributed by atoms with Crippen LogP contribution in [0.5, 0.6) is 0 Å². The first-order valence-electron chi connectivity index (χ1n) is 7.13. The Morgan fingerprint density at radius 3 is 2.62 bits per heavy atom. The lowest BCUT2D eigenvalue weighted by Gasteiger charge is -2.29. The number of piperidine rings is 1. The molecule has 5 nitrogen and oxygen atoms in total. The molecule has 1 heterocycles. The minimum atomic E-state index is -0.575. The minimum absolute atomic E-state index is 0.0522. The monoisotopic (exact) mass is 309 g/mol. The molecular formula is C15H20ClN3O2. The van der Waals surface area contributed by atoms with Gasteiger partial charge >= 0.3 is 0 Å². The number of nitrogens with zero attached hydrogens (tertiary/aromatic N) is 1. The maximum Gasteiger partial charge on any atom is 0.254 e. The second-order valence-electron chi connectivity index (χ2n) is 5.31. The number of amides is 2. The zero-order valence-corrected chi connectivity index (χ0v) is 12.8. The van der Waals surface area contributed by atoms with Crippen LogP contribution >= 0.6 is 11.6 Å². The normalized spacial score (nSPS) is 16.4. The highest BCUT2D eigenvalue weighted by atomic mass is 35.5. The summed E-state index contributed by atoms with van der Waals surface area (Å²) >= 11 is 5.87. The summed E-state index contributed by atoms with van der Waals surface area (Å²) < 4.78 is 0. The third-order valence-corrected chi connectivity index (χ3v) is 3.88. The summed E-state index contributed by atoms with van der Waals surface area (Å²) in [7, 11) is 0. The van der Waals surface area contributed by atoms with Crippen LogP contribution < -0.4 is 11.1 Å². The number of likely N-dealkylation sites (tertiary alicyclic amines) is 1. The number of halogens is 1. The highest BCUT2D eigenvalue weighted by molar-refractivity contribution is 6.31. The van der Waals surface area contributed by atoms with Crippen molar-refractivity contribution in [1.29, 1.82) is 0 Å². The fourth-order valence-electron chi connectivity index (χ4n) is 2.45. The summed E-state index contributed by atoms with van der Waals surface area (Å²) in [5, 5.41) is 3.13. The molecular weight excluding hydrogens is 290 g/mol. The SMILES string of the molecule is CC(NC(=O)c1cc(Cl)ccc1N)C(=O)N1CCCCC1. The molecule has 1 atom stereocenters. The molecule has 1 aromatic rings. The van der Waals surface area contributed by atoms with Crippen LogP contribution in [-0.2, 0) is 4.79 Å². The lowest BCUT2D eigenvalue weighted by atomic mass is 10.1. The van der Waals surface area contributed by atoms with E-state index in [2.05, 4.69) is 5.32 Å². The van der Waals surface area contributed by atoms with E-state index in [1.807, 2.05) is 0 Å². The first-order valence-corrected chi connectivity index (χ1v) is 7.51. The first kappa shape index (κ1) is 15.6. The number of carbonyl (C=O) groups excluding carboxylic acids is 2. The molecule has 1 saturated heterocycles. The fraction of sp³-hybridized carbons (Fsp3) is 0.467.